The quantitative estimate of drug-likeness (QED) is 0.736. The SMILES string of the molecule is NC(=O)CCCNC1CCc2ccccc21. The summed E-state index contributed by atoms with van der Waals surface area (Å²) in [5.41, 5.74) is 7.97. The maximum absolute atomic E-state index is 10.6. The Hall–Kier alpha value is -1.35. The van der Waals surface area contributed by atoms with Crippen molar-refractivity contribution in [1.29, 1.82) is 0 Å². The number of carbonyl (C=O) groups excluding carboxylic acids is 1. The second-order valence-electron chi connectivity index (χ2n) is 4.31. The maximum atomic E-state index is 10.6. The van der Waals surface area contributed by atoms with Gasteiger partial charge in [-0.15, -0.1) is 0 Å². The van der Waals surface area contributed by atoms with Crippen LogP contribution in [0.15, 0.2) is 24.3 Å². The number of nitrogens with two attached hydrogens (primary N) is 1. The number of carbonyl (C=O) groups is 1. The van der Waals surface area contributed by atoms with Crippen LogP contribution < -0.4 is 11.1 Å². The van der Waals surface area contributed by atoms with Crippen LogP contribution in [0.5, 0.6) is 0 Å². The molecular formula is C13H18N2O. The molecule has 0 spiro atoms. The van der Waals surface area contributed by atoms with E-state index in [2.05, 4.69) is 29.6 Å². The lowest BCUT2D eigenvalue weighted by Gasteiger charge is -2.13. The van der Waals surface area contributed by atoms with Gasteiger partial charge in [-0.2, -0.15) is 0 Å². The first-order valence-electron chi connectivity index (χ1n) is 5.87. The predicted molar refractivity (Wildman–Crippen MR) is 63.9 cm³/mol. The molecule has 0 heterocycles. The van der Waals surface area contributed by atoms with Crippen LogP contribution in [-0.2, 0) is 11.2 Å². The molecule has 0 aromatic heterocycles. The van der Waals surface area contributed by atoms with Gasteiger partial charge in [0.25, 0.3) is 0 Å². The largest absolute Gasteiger partial charge is 0.370 e. The van der Waals surface area contributed by atoms with Crippen molar-refractivity contribution < 1.29 is 4.79 Å². The van der Waals surface area contributed by atoms with E-state index in [-0.39, 0.29) is 5.91 Å². The molecule has 1 aliphatic carbocycles. The molecule has 1 aliphatic rings. The third-order valence-electron chi connectivity index (χ3n) is 3.12. The van der Waals surface area contributed by atoms with Crippen LogP contribution >= 0.6 is 0 Å². The number of aryl methyl sites for hydroxylation is 1. The maximum Gasteiger partial charge on any atom is 0.217 e. The van der Waals surface area contributed by atoms with Crippen molar-refractivity contribution in [2.75, 3.05) is 6.54 Å². The van der Waals surface area contributed by atoms with Crippen molar-refractivity contribution in [2.45, 2.75) is 31.7 Å². The van der Waals surface area contributed by atoms with Gasteiger partial charge in [0.2, 0.25) is 5.91 Å². The van der Waals surface area contributed by atoms with Crippen LogP contribution in [0.1, 0.15) is 36.4 Å². The lowest BCUT2D eigenvalue weighted by molar-refractivity contribution is -0.118. The summed E-state index contributed by atoms with van der Waals surface area (Å²) in [6.45, 7) is 0.863. The highest BCUT2D eigenvalue weighted by molar-refractivity contribution is 5.73. The minimum Gasteiger partial charge on any atom is -0.370 e. The van der Waals surface area contributed by atoms with E-state index in [1.165, 1.54) is 11.1 Å². The average molecular weight is 218 g/mol. The molecule has 2 rings (SSSR count). The highest BCUT2D eigenvalue weighted by Gasteiger charge is 2.20. The topological polar surface area (TPSA) is 55.1 Å². The Labute approximate surface area is 96.0 Å². The van der Waals surface area contributed by atoms with Gasteiger partial charge >= 0.3 is 0 Å². The Morgan fingerprint density at radius 1 is 1.44 bits per heavy atom. The number of benzene rings is 1. The van der Waals surface area contributed by atoms with E-state index in [1.54, 1.807) is 0 Å². The van der Waals surface area contributed by atoms with E-state index in [0.717, 1.165) is 25.8 Å². The van der Waals surface area contributed by atoms with Crippen molar-refractivity contribution in [3.05, 3.63) is 35.4 Å². The normalized spacial score (nSPS) is 18.4. The zero-order valence-corrected chi connectivity index (χ0v) is 9.41. The molecule has 0 bridgehead atoms. The van der Waals surface area contributed by atoms with Crippen LogP contribution in [0, 0.1) is 0 Å². The highest BCUT2D eigenvalue weighted by atomic mass is 16.1. The van der Waals surface area contributed by atoms with Crippen LogP contribution in [0.25, 0.3) is 0 Å². The van der Waals surface area contributed by atoms with E-state index in [1.807, 2.05) is 0 Å². The molecule has 0 saturated carbocycles. The molecule has 1 aromatic carbocycles. The Morgan fingerprint density at radius 3 is 3.06 bits per heavy atom. The van der Waals surface area contributed by atoms with Crippen LogP contribution in [-0.4, -0.2) is 12.5 Å². The van der Waals surface area contributed by atoms with E-state index >= 15 is 0 Å². The molecule has 0 fully saturated rings. The van der Waals surface area contributed by atoms with Crippen LogP contribution in [0.2, 0.25) is 0 Å². The summed E-state index contributed by atoms with van der Waals surface area (Å²) in [5.74, 6) is -0.214. The van der Waals surface area contributed by atoms with E-state index in [4.69, 9.17) is 5.73 Å². The predicted octanol–water partition coefficient (Wildman–Crippen LogP) is 1.53. The Kier molecular flexibility index (Phi) is 3.57. The van der Waals surface area contributed by atoms with Crippen molar-refractivity contribution in [3.63, 3.8) is 0 Å². The minimum atomic E-state index is -0.214. The van der Waals surface area contributed by atoms with Crippen LogP contribution in [0.4, 0.5) is 0 Å². The van der Waals surface area contributed by atoms with Crippen molar-refractivity contribution in [3.8, 4) is 0 Å². The van der Waals surface area contributed by atoms with Crippen molar-refractivity contribution in [2.24, 2.45) is 5.73 Å². The fourth-order valence-electron chi connectivity index (χ4n) is 2.31. The third kappa shape index (κ3) is 2.61. The number of amides is 1. The monoisotopic (exact) mass is 218 g/mol. The molecule has 3 heteroatoms. The second-order valence-corrected chi connectivity index (χ2v) is 4.31. The molecule has 1 aromatic rings. The number of fused-ring (bicyclic) bond motifs is 1. The van der Waals surface area contributed by atoms with E-state index in [9.17, 15) is 4.79 Å². The molecule has 3 nitrogen and oxygen atoms in total. The number of hydrogen-bond donors (Lipinski definition) is 2. The standard InChI is InChI=1S/C13H18N2O/c14-13(16)6-3-9-15-12-8-7-10-4-1-2-5-11(10)12/h1-2,4-5,12,15H,3,6-9H2,(H2,14,16). The first-order chi connectivity index (χ1) is 7.77. The molecule has 0 aliphatic heterocycles. The number of primary amides is 1. The molecular weight excluding hydrogens is 200 g/mol. The third-order valence-corrected chi connectivity index (χ3v) is 3.12. The van der Waals surface area contributed by atoms with Crippen molar-refractivity contribution >= 4 is 5.91 Å². The number of nitrogens with one attached hydrogen (secondary N) is 1. The molecule has 0 radical (unpaired) electrons. The molecule has 1 atom stereocenters. The van der Waals surface area contributed by atoms with Crippen LogP contribution in [0.3, 0.4) is 0 Å². The van der Waals surface area contributed by atoms with E-state index < -0.39 is 0 Å². The first-order valence-corrected chi connectivity index (χ1v) is 5.87. The fourth-order valence-corrected chi connectivity index (χ4v) is 2.31. The molecule has 16 heavy (non-hydrogen) atoms. The second kappa shape index (κ2) is 5.12. The van der Waals surface area contributed by atoms with Gasteiger partial charge in [0.05, 0.1) is 0 Å². The van der Waals surface area contributed by atoms with Crippen molar-refractivity contribution in [1.82, 2.24) is 5.32 Å². The van der Waals surface area contributed by atoms with E-state index in [0.29, 0.717) is 12.5 Å². The zero-order valence-electron chi connectivity index (χ0n) is 9.41. The lowest BCUT2D eigenvalue weighted by Crippen LogP contribution is -2.22. The van der Waals surface area contributed by atoms with Gasteiger partial charge in [-0.1, -0.05) is 24.3 Å². The van der Waals surface area contributed by atoms with Gasteiger partial charge in [-0.3, -0.25) is 4.79 Å². The Bertz CT molecular complexity index is 376. The summed E-state index contributed by atoms with van der Waals surface area (Å²) in [5, 5.41) is 3.49. The fraction of sp³-hybridized carbons (Fsp3) is 0.462. The van der Waals surface area contributed by atoms with Gasteiger partial charge in [-0.05, 0) is 36.9 Å². The van der Waals surface area contributed by atoms with Gasteiger partial charge in [0, 0.05) is 12.5 Å². The summed E-state index contributed by atoms with van der Waals surface area (Å²) in [6, 6.07) is 9.02. The minimum absolute atomic E-state index is 0.214. The van der Waals surface area contributed by atoms with Gasteiger partial charge in [0.15, 0.2) is 0 Å². The Balaban J connectivity index is 1.82. The summed E-state index contributed by atoms with van der Waals surface area (Å²) in [6.07, 6.45) is 3.62. The van der Waals surface area contributed by atoms with Gasteiger partial charge < -0.3 is 11.1 Å². The molecule has 86 valence electrons. The molecule has 3 N–H and O–H groups in total. The van der Waals surface area contributed by atoms with Gasteiger partial charge in [0.1, 0.15) is 0 Å². The molecule has 1 amide bonds. The zero-order chi connectivity index (χ0) is 11.4. The first kappa shape index (κ1) is 11.1. The summed E-state index contributed by atoms with van der Waals surface area (Å²) in [7, 11) is 0. The lowest BCUT2D eigenvalue weighted by atomic mass is 10.1. The number of rotatable bonds is 5. The highest BCUT2D eigenvalue weighted by Crippen LogP contribution is 2.30. The molecule has 1 unspecified atom stereocenters. The summed E-state index contributed by atoms with van der Waals surface area (Å²) >= 11 is 0. The molecule has 0 saturated heterocycles. The summed E-state index contributed by atoms with van der Waals surface area (Å²) in [4.78, 5) is 10.6. The average Bonchev–Trinajstić information content (AvgIpc) is 2.68. The van der Waals surface area contributed by atoms with Gasteiger partial charge in [-0.25, -0.2) is 0 Å². The smallest absolute Gasteiger partial charge is 0.217 e. The number of hydrogen-bond acceptors (Lipinski definition) is 2. The Morgan fingerprint density at radius 2 is 2.25 bits per heavy atom. The summed E-state index contributed by atoms with van der Waals surface area (Å²) < 4.78 is 0.